The van der Waals surface area contributed by atoms with Crippen LogP contribution in [0.4, 0.5) is 11.4 Å². The number of hydrogen-bond acceptors (Lipinski definition) is 10. The standard InChI is InChI=1S/C28H28N4O6S4/c1-37-19-11-5-3-9-17(19)29-21(33)13-7-15-31-25(35)23(41-27(31)39)24-26(36)32(28(40)42-24)16-8-14-22(34)30-18-10-4-6-12-20(18)38-2/h3-6,9-12H,7-8,13-16H2,1-2H3,(H,29,33)(H,30,34)/b24-23+. The molecule has 0 atom stereocenters. The van der Waals surface area contributed by atoms with Gasteiger partial charge in [0.1, 0.15) is 20.1 Å². The SMILES string of the molecule is COc1ccccc1NC(=O)CCCN1C(=O)/C(=C2\SC(=S)N(CCCC(=O)Nc3ccccc3OC)C2=O)SC1=S. The molecule has 0 radical (unpaired) electrons. The third-order valence-corrected chi connectivity index (χ3v) is 9.26. The molecule has 220 valence electrons. The van der Waals surface area contributed by atoms with Crippen LogP contribution in [-0.4, -0.2) is 69.4 Å². The summed E-state index contributed by atoms with van der Waals surface area (Å²) in [6, 6.07) is 14.2. The lowest BCUT2D eigenvalue weighted by atomic mass is 10.2. The molecule has 2 saturated heterocycles. The van der Waals surface area contributed by atoms with Crippen LogP contribution in [-0.2, 0) is 19.2 Å². The lowest BCUT2D eigenvalue weighted by Crippen LogP contribution is -2.31. The molecule has 10 nitrogen and oxygen atoms in total. The average Bonchev–Trinajstić information content (AvgIpc) is 3.42. The van der Waals surface area contributed by atoms with E-state index in [0.29, 0.717) is 44.4 Å². The second-order valence-corrected chi connectivity index (χ2v) is 12.3. The van der Waals surface area contributed by atoms with Gasteiger partial charge < -0.3 is 20.1 Å². The highest BCUT2D eigenvalue weighted by atomic mass is 32.2. The van der Waals surface area contributed by atoms with Crippen LogP contribution in [0.25, 0.3) is 0 Å². The van der Waals surface area contributed by atoms with Crippen molar-refractivity contribution < 1.29 is 28.7 Å². The van der Waals surface area contributed by atoms with Gasteiger partial charge in [-0.2, -0.15) is 0 Å². The Hall–Kier alpha value is -3.46. The summed E-state index contributed by atoms with van der Waals surface area (Å²) in [4.78, 5) is 54.5. The Kier molecular flexibility index (Phi) is 11.0. The number of thiocarbonyl (C=S) groups is 2. The Morgan fingerprint density at radius 3 is 1.48 bits per heavy atom. The molecular formula is C28H28N4O6S4. The monoisotopic (exact) mass is 644 g/mol. The van der Waals surface area contributed by atoms with Gasteiger partial charge in [-0.15, -0.1) is 0 Å². The van der Waals surface area contributed by atoms with Crippen LogP contribution >= 0.6 is 48.0 Å². The largest absolute Gasteiger partial charge is 0.495 e. The molecule has 14 heteroatoms. The molecule has 42 heavy (non-hydrogen) atoms. The topological polar surface area (TPSA) is 117 Å². The van der Waals surface area contributed by atoms with E-state index in [1.807, 2.05) is 0 Å². The molecule has 4 amide bonds. The molecule has 4 rings (SSSR count). The van der Waals surface area contributed by atoms with E-state index in [1.165, 1.54) is 24.0 Å². The summed E-state index contributed by atoms with van der Waals surface area (Å²) >= 11 is 12.9. The van der Waals surface area contributed by atoms with E-state index in [4.69, 9.17) is 33.9 Å². The number of anilines is 2. The van der Waals surface area contributed by atoms with Crippen LogP contribution in [0.1, 0.15) is 25.7 Å². The zero-order valence-corrected chi connectivity index (χ0v) is 26.1. The molecule has 2 aromatic carbocycles. The highest BCUT2D eigenvalue weighted by Gasteiger charge is 2.41. The number of rotatable bonds is 12. The zero-order chi connectivity index (χ0) is 30.2. The smallest absolute Gasteiger partial charge is 0.267 e. The van der Waals surface area contributed by atoms with Crippen molar-refractivity contribution in [3.05, 3.63) is 58.3 Å². The van der Waals surface area contributed by atoms with Crippen molar-refractivity contribution in [1.82, 2.24) is 9.80 Å². The van der Waals surface area contributed by atoms with E-state index in [9.17, 15) is 19.2 Å². The van der Waals surface area contributed by atoms with Crippen molar-refractivity contribution in [3.8, 4) is 11.5 Å². The quantitative estimate of drug-likeness (QED) is 0.247. The normalized spacial score (nSPS) is 16.7. The van der Waals surface area contributed by atoms with Gasteiger partial charge in [-0.25, -0.2) is 0 Å². The number of methoxy groups -OCH3 is 2. The fourth-order valence-corrected chi connectivity index (χ4v) is 6.94. The third kappa shape index (κ3) is 7.48. The van der Waals surface area contributed by atoms with Gasteiger partial charge in [0.15, 0.2) is 0 Å². The molecular weight excluding hydrogens is 617 g/mol. The Morgan fingerprint density at radius 2 is 1.10 bits per heavy atom. The highest BCUT2D eigenvalue weighted by molar-refractivity contribution is 8.29. The first-order valence-electron chi connectivity index (χ1n) is 12.9. The number of hydrogen-bond donors (Lipinski definition) is 2. The highest BCUT2D eigenvalue weighted by Crippen LogP contribution is 2.42. The Labute approximate surface area is 262 Å². The predicted molar refractivity (Wildman–Crippen MR) is 173 cm³/mol. The summed E-state index contributed by atoms with van der Waals surface area (Å²) in [5.74, 6) is -0.101. The van der Waals surface area contributed by atoms with Gasteiger partial charge in [0.25, 0.3) is 11.8 Å². The van der Waals surface area contributed by atoms with Crippen LogP contribution in [0.3, 0.4) is 0 Å². The van der Waals surface area contributed by atoms with Gasteiger partial charge in [0.2, 0.25) is 11.8 Å². The first-order valence-corrected chi connectivity index (χ1v) is 15.4. The van der Waals surface area contributed by atoms with E-state index in [-0.39, 0.29) is 59.4 Å². The van der Waals surface area contributed by atoms with Gasteiger partial charge in [-0.05, 0) is 37.1 Å². The van der Waals surface area contributed by atoms with Crippen LogP contribution < -0.4 is 20.1 Å². The Morgan fingerprint density at radius 1 is 0.714 bits per heavy atom. The van der Waals surface area contributed by atoms with Crippen molar-refractivity contribution in [2.45, 2.75) is 25.7 Å². The van der Waals surface area contributed by atoms with Gasteiger partial charge >= 0.3 is 0 Å². The number of carbonyl (C=O) groups is 4. The maximum absolute atomic E-state index is 13.2. The molecule has 0 saturated carbocycles. The van der Waals surface area contributed by atoms with Gasteiger partial charge in [0, 0.05) is 25.9 Å². The molecule has 0 aromatic heterocycles. The average molecular weight is 645 g/mol. The number of para-hydroxylation sites is 4. The van der Waals surface area contributed by atoms with Crippen molar-refractivity contribution in [1.29, 1.82) is 0 Å². The van der Waals surface area contributed by atoms with E-state index < -0.39 is 0 Å². The minimum absolute atomic E-state index is 0.164. The van der Waals surface area contributed by atoms with E-state index in [1.54, 1.807) is 48.5 Å². The summed E-state index contributed by atoms with van der Waals surface area (Å²) in [5.41, 5.74) is 1.13. The van der Waals surface area contributed by atoms with Crippen LogP contribution in [0.5, 0.6) is 11.5 Å². The Bertz CT molecular complexity index is 1360. The predicted octanol–water partition coefficient (Wildman–Crippen LogP) is 4.77. The van der Waals surface area contributed by atoms with E-state index in [0.717, 1.165) is 23.5 Å². The summed E-state index contributed by atoms with van der Waals surface area (Å²) in [7, 11) is 3.05. The number of carbonyl (C=O) groups excluding carboxylic acids is 4. The van der Waals surface area contributed by atoms with Crippen LogP contribution in [0.2, 0.25) is 0 Å². The summed E-state index contributed by atoms with van der Waals surface area (Å²) < 4.78 is 11.1. The molecule has 0 bridgehead atoms. The molecule has 0 aliphatic carbocycles. The summed E-state index contributed by atoms with van der Waals surface area (Å²) in [6.45, 7) is 0.463. The molecule has 2 N–H and O–H groups in total. The summed E-state index contributed by atoms with van der Waals surface area (Å²) in [6.07, 6.45) is 1.07. The van der Waals surface area contributed by atoms with E-state index in [2.05, 4.69) is 10.6 Å². The zero-order valence-electron chi connectivity index (χ0n) is 22.8. The fraction of sp³-hybridized carbons (Fsp3) is 0.286. The number of benzene rings is 2. The number of nitrogens with one attached hydrogen (secondary N) is 2. The van der Waals surface area contributed by atoms with Crippen LogP contribution in [0.15, 0.2) is 58.3 Å². The maximum Gasteiger partial charge on any atom is 0.267 e. The summed E-state index contributed by atoms with van der Waals surface area (Å²) in [5, 5.41) is 5.61. The third-order valence-electron chi connectivity index (χ3n) is 6.24. The van der Waals surface area contributed by atoms with Gasteiger partial charge in [-0.3, -0.25) is 29.0 Å². The second-order valence-electron chi connectivity index (χ2n) is 9.01. The Balaban J connectivity index is 1.28. The maximum atomic E-state index is 13.2. The second kappa shape index (κ2) is 14.6. The molecule has 2 aliphatic rings. The molecule has 0 unspecified atom stereocenters. The molecule has 0 spiro atoms. The van der Waals surface area contributed by atoms with Crippen molar-refractivity contribution in [2.75, 3.05) is 37.9 Å². The first kappa shape index (κ1) is 31.5. The van der Waals surface area contributed by atoms with Crippen molar-refractivity contribution in [2.24, 2.45) is 0 Å². The number of thioether (sulfide) groups is 2. The van der Waals surface area contributed by atoms with Gasteiger partial charge in [0.05, 0.1) is 35.4 Å². The molecule has 2 aliphatic heterocycles. The number of amides is 4. The van der Waals surface area contributed by atoms with Crippen LogP contribution in [0, 0.1) is 0 Å². The number of ether oxygens (including phenoxy) is 2. The van der Waals surface area contributed by atoms with Crippen molar-refractivity contribution >= 4 is 91.6 Å². The minimum atomic E-state index is -0.383. The molecule has 2 heterocycles. The lowest BCUT2D eigenvalue weighted by molar-refractivity contribution is -0.124. The minimum Gasteiger partial charge on any atom is -0.495 e. The lowest BCUT2D eigenvalue weighted by Gasteiger charge is -2.15. The fourth-order valence-electron chi connectivity index (χ4n) is 4.17. The molecule has 2 aromatic rings. The number of nitrogens with zero attached hydrogens (tertiary/aromatic N) is 2. The first-order chi connectivity index (χ1) is 20.2. The van der Waals surface area contributed by atoms with Gasteiger partial charge in [-0.1, -0.05) is 72.2 Å². The molecule has 2 fully saturated rings. The van der Waals surface area contributed by atoms with E-state index >= 15 is 0 Å². The van der Waals surface area contributed by atoms with Crippen molar-refractivity contribution in [3.63, 3.8) is 0 Å².